The van der Waals surface area contributed by atoms with E-state index >= 15 is 0 Å². The van der Waals surface area contributed by atoms with E-state index in [1.807, 2.05) is 6.92 Å². The van der Waals surface area contributed by atoms with Crippen molar-refractivity contribution in [2.45, 2.75) is 6.92 Å². The highest BCUT2D eigenvalue weighted by molar-refractivity contribution is 7.71. The van der Waals surface area contributed by atoms with Gasteiger partial charge in [-0.05, 0) is 36.9 Å². The highest BCUT2D eigenvalue weighted by atomic mass is 35.5. The molecule has 2 aromatic rings. The zero-order valence-electron chi connectivity index (χ0n) is 11.9. The largest absolute Gasteiger partial charge is 0.478 e. The van der Waals surface area contributed by atoms with Gasteiger partial charge in [0.05, 0.1) is 15.6 Å². The third-order valence-electron chi connectivity index (χ3n) is 2.99. The maximum Gasteiger partial charge on any atom is 0.338 e. The third-order valence-corrected chi connectivity index (χ3v) is 5.00. The van der Waals surface area contributed by atoms with Crippen molar-refractivity contribution < 1.29 is 19.4 Å². The first-order valence-electron chi connectivity index (χ1n) is 6.36. The summed E-state index contributed by atoms with van der Waals surface area (Å²) in [6, 6.07) is 9.10. The van der Waals surface area contributed by atoms with Crippen LogP contribution in [0.1, 0.15) is 21.5 Å². The van der Waals surface area contributed by atoms with Gasteiger partial charge in [0.15, 0.2) is 0 Å². The van der Waals surface area contributed by atoms with Gasteiger partial charge < -0.3 is 10.00 Å². The van der Waals surface area contributed by atoms with E-state index in [0.717, 1.165) is 5.56 Å². The zero-order valence-corrected chi connectivity index (χ0v) is 14.3. The molecule has 0 fully saturated rings. The van der Waals surface area contributed by atoms with Crippen LogP contribution in [-0.4, -0.2) is 16.0 Å². The summed E-state index contributed by atoms with van der Waals surface area (Å²) in [7, 11) is -3.85. The van der Waals surface area contributed by atoms with Gasteiger partial charge in [-0.3, -0.25) is 4.57 Å². The Balaban J connectivity index is 2.40. The smallest absolute Gasteiger partial charge is 0.338 e. The predicted molar refractivity (Wildman–Crippen MR) is 90.9 cm³/mol. The summed E-state index contributed by atoms with van der Waals surface area (Å²) in [6.45, 7) is 1.87. The van der Waals surface area contributed by atoms with E-state index in [9.17, 15) is 14.3 Å². The lowest BCUT2D eigenvalue weighted by molar-refractivity contribution is 0.0697. The van der Waals surface area contributed by atoms with Crippen LogP contribution in [-0.2, 0) is 4.57 Å². The lowest BCUT2D eigenvalue weighted by atomic mass is 10.1. The minimum Gasteiger partial charge on any atom is -0.478 e. The van der Waals surface area contributed by atoms with Crippen molar-refractivity contribution in [2.24, 2.45) is 0 Å². The number of carboxylic acids is 1. The monoisotopic (exact) mass is 368 g/mol. The Bertz CT molecular complexity index is 856. The van der Waals surface area contributed by atoms with Gasteiger partial charge in [-0.15, -0.1) is 0 Å². The molecule has 1 atom stereocenters. The average Bonchev–Trinajstić information content (AvgIpc) is 2.44. The Morgan fingerprint density at radius 1 is 1.13 bits per heavy atom. The Kier molecular flexibility index (Phi) is 5.19. The van der Waals surface area contributed by atoms with Gasteiger partial charge in [-0.2, -0.15) is 0 Å². The number of carbonyl (C=O) groups is 1. The number of aromatic carboxylic acids is 1. The van der Waals surface area contributed by atoms with Gasteiger partial charge in [-0.1, -0.05) is 46.8 Å². The van der Waals surface area contributed by atoms with E-state index in [1.54, 1.807) is 12.1 Å². The lowest BCUT2D eigenvalue weighted by Gasteiger charge is -2.05. The highest BCUT2D eigenvalue weighted by Crippen LogP contribution is 2.38. The summed E-state index contributed by atoms with van der Waals surface area (Å²) < 4.78 is 12.3. The molecule has 0 radical (unpaired) electrons. The van der Waals surface area contributed by atoms with E-state index in [1.165, 1.54) is 24.3 Å². The molecule has 0 saturated carbocycles. The molecular formula is C16H11Cl2O4P. The van der Waals surface area contributed by atoms with E-state index in [0.29, 0.717) is 0 Å². The molecule has 0 spiro atoms. The first-order valence-corrected chi connectivity index (χ1v) is 8.78. The first kappa shape index (κ1) is 17.6. The molecule has 0 aliphatic rings. The normalized spacial score (nSPS) is 12.9. The van der Waals surface area contributed by atoms with Crippen molar-refractivity contribution in [1.82, 2.24) is 0 Å². The second-order valence-corrected chi connectivity index (χ2v) is 7.47. The SMILES string of the molecule is Cc1ccc(P(=O)(O)C#Cc2cc(Cl)c(C(=O)O)c(Cl)c2)cc1. The van der Waals surface area contributed by atoms with Crippen LogP contribution in [0.15, 0.2) is 36.4 Å². The number of hydrogen-bond acceptors (Lipinski definition) is 2. The molecule has 2 aromatic carbocycles. The molecule has 23 heavy (non-hydrogen) atoms. The topological polar surface area (TPSA) is 74.6 Å². The highest BCUT2D eigenvalue weighted by Gasteiger charge is 2.18. The first-order chi connectivity index (χ1) is 10.7. The van der Waals surface area contributed by atoms with Crippen molar-refractivity contribution >= 4 is 41.8 Å². The number of aryl methyl sites for hydroxylation is 1. The van der Waals surface area contributed by atoms with Crippen LogP contribution < -0.4 is 5.30 Å². The summed E-state index contributed by atoms with van der Waals surface area (Å²) in [4.78, 5) is 21.0. The number of halogens is 2. The Morgan fingerprint density at radius 2 is 1.65 bits per heavy atom. The maximum atomic E-state index is 12.3. The van der Waals surface area contributed by atoms with Gasteiger partial charge in [0.2, 0.25) is 0 Å². The van der Waals surface area contributed by atoms with E-state index in [-0.39, 0.29) is 26.5 Å². The Morgan fingerprint density at radius 3 is 2.13 bits per heavy atom. The van der Waals surface area contributed by atoms with Crippen LogP contribution in [0.2, 0.25) is 10.0 Å². The van der Waals surface area contributed by atoms with Crippen molar-refractivity contribution in [3.8, 4) is 11.6 Å². The fourth-order valence-electron chi connectivity index (χ4n) is 1.80. The minimum absolute atomic E-state index is 0.0857. The van der Waals surface area contributed by atoms with Gasteiger partial charge in [0, 0.05) is 10.9 Å². The molecule has 0 aliphatic heterocycles. The van der Waals surface area contributed by atoms with Crippen LogP contribution in [0.25, 0.3) is 0 Å². The maximum absolute atomic E-state index is 12.3. The van der Waals surface area contributed by atoms with Crippen molar-refractivity contribution in [3.05, 3.63) is 63.1 Å². The fraction of sp³-hybridized carbons (Fsp3) is 0.0625. The van der Waals surface area contributed by atoms with Crippen molar-refractivity contribution in [2.75, 3.05) is 0 Å². The number of rotatable bonds is 2. The standard InChI is InChI=1S/C16H11Cl2O4P/c1-10-2-4-12(5-3-10)23(21,22)7-6-11-8-13(17)15(16(19)20)14(18)9-11/h2-5,8-9H,1H3,(H,19,20)(H,21,22). The molecule has 0 aliphatic carbocycles. The van der Waals surface area contributed by atoms with Crippen LogP contribution in [0.3, 0.4) is 0 Å². The fourth-order valence-corrected chi connectivity index (χ4v) is 3.41. The minimum atomic E-state index is -3.85. The summed E-state index contributed by atoms with van der Waals surface area (Å²) in [5, 5.41) is 9.02. The van der Waals surface area contributed by atoms with Crippen LogP contribution >= 0.6 is 30.6 Å². The molecule has 1 unspecified atom stereocenters. The number of hydrogen-bond donors (Lipinski definition) is 2. The quantitative estimate of drug-likeness (QED) is 0.622. The third kappa shape index (κ3) is 4.16. The molecule has 2 N–H and O–H groups in total. The average molecular weight is 369 g/mol. The predicted octanol–water partition coefficient (Wildman–Crippen LogP) is 3.90. The second kappa shape index (κ2) is 6.78. The summed E-state index contributed by atoms with van der Waals surface area (Å²) in [5.41, 5.74) is 3.30. The molecule has 0 saturated heterocycles. The van der Waals surface area contributed by atoms with Crippen LogP contribution in [0, 0.1) is 18.5 Å². The van der Waals surface area contributed by atoms with E-state index in [2.05, 4.69) is 11.6 Å². The van der Waals surface area contributed by atoms with Crippen LogP contribution in [0.5, 0.6) is 0 Å². The summed E-state index contributed by atoms with van der Waals surface area (Å²) in [6.07, 6.45) is 0. The molecule has 0 amide bonds. The van der Waals surface area contributed by atoms with E-state index in [4.69, 9.17) is 28.3 Å². The summed E-state index contributed by atoms with van der Waals surface area (Å²) >= 11 is 11.7. The van der Waals surface area contributed by atoms with Crippen molar-refractivity contribution in [3.63, 3.8) is 0 Å². The Hall–Kier alpha value is -1.76. The molecule has 4 nitrogen and oxygen atoms in total. The Labute approximate surface area is 143 Å². The molecular weight excluding hydrogens is 358 g/mol. The lowest BCUT2D eigenvalue weighted by Crippen LogP contribution is -2.02. The molecule has 0 aromatic heterocycles. The number of benzene rings is 2. The molecule has 118 valence electrons. The molecule has 0 bridgehead atoms. The molecule has 0 heterocycles. The summed E-state index contributed by atoms with van der Waals surface area (Å²) in [5.74, 6) is 1.26. The molecule has 2 rings (SSSR count). The van der Waals surface area contributed by atoms with Gasteiger partial charge in [0.25, 0.3) is 0 Å². The van der Waals surface area contributed by atoms with Crippen molar-refractivity contribution in [1.29, 1.82) is 0 Å². The molecule has 7 heteroatoms. The van der Waals surface area contributed by atoms with Gasteiger partial charge in [0.1, 0.15) is 0 Å². The van der Waals surface area contributed by atoms with Gasteiger partial charge >= 0.3 is 13.3 Å². The zero-order chi connectivity index (χ0) is 17.2. The van der Waals surface area contributed by atoms with E-state index < -0.39 is 13.3 Å². The van der Waals surface area contributed by atoms with Crippen LogP contribution in [0.4, 0.5) is 0 Å². The number of carboxylic acid groups (broad SMARTS) is 1. The second-order valence-electron chi connectivity index (χ2n) is 4.77. The van der Waals surface area contributed by atoms with Gasteiger partial charge in [-0.25, -0.2) is 4.79 Å².